The lowest BCUT2D eigenvalue weighted by Crippen LogP contribution is -2.31. The minimum absolute atomic E-state index is 0.104. The quantitative estimate of drug-likeness (QED) is 0.299. The molecular formula is C18H15N7O5. The van der Waals surface area contributed by atoms with Crippen molar-refractivity contribution in [1.82, 2.24) is 20.4 Å². The average molecular weight is 409 g/mol. The van der Waals surface area contributed by atoms with Crippen molar-refractivity contribution >= 4 is 34.9 Å². The maximum atomic E-state index is 12.1. The van der Waals surface area contributed by atoms with Gasteiger partial charge in [0, 0.05) is 6.20 Å². The molecule has 0 spiro atoms. The number of nitro groups is 1. The molecule has 1 aromatic carbocycles. The number of aromatic nitrogens is 3. The minimum atomic E-state index is -0.724. The Bertz CT molecular complexity index is 1090. The standard InChI is InChI=1S/C18H15N7O5/c1-30-18(27)11-6-2-3-7-12(11)22-15-14(25(28)29)16(21-10-20-15)23-24-17(26)13-8-4-5-9-19-13/h2-10H,1H3,(H,24,26)(H2,20,21,22,23). The Morgan fingerprint density at radius 3 is 2.47 bits per heavy atom. The molecule has 0 atom stereocenters. The summed E-state index contributed by atoms with van der Waals surface area (Å²) in [5.41, 5.74) is 4.66. The molecule has 0 saturated heterocycles. The minimum Gasteiger partial charge on any atom is -0.465 e. The van der Waals surface area contributed by atoms with Crippen LogP contribution in [0.4, 0.5) is 23.0 Å². The molecule has 0 bridgehead atoms. The number of carbonyl (C=O) groups excluding carboxylic acids is 2. The van der Waals surface area contributed by atoms with Crippen LogP contribution in [-0.2, 0) is 4.74 Å². The van der Waals surface area contributed by atoms with Crippen LogP contribution in [0.25, 0.3) is 0 Å². The second kappa shape index (κ2) is 9.05. The van der Waals surface area contributed by atoms with Gasteiger partial charge in [-0.3, -0.25) is 30.7 Å². The van der Waals surface area contributed by atoms with E-state index in [1.54, 1.807) is 24.3 Å². The Morgan fingerprint density at radius 2 is 1.77 bits per heavy atom. The van der Waals surface area contributed by atoms with E-state index in [4.69, 9.17) is 4.74 Å². The number of pyridine rings is 1. The van der Waals surface area contributed by atoms with Crippen LogP contribution in [0, 0.1) is 10.1 Å². The van der Waals surface area contributed by atoms with Crippen LogP contribution >= 0.6 is 0 Å². The number of benzene rings is 1. The lowest BCUT2D eigenvalue weighted by molar-refractivity contribution is -0.383. The number of rotatable bonds is 7. The Labute approximate surface area is 169 Å². The number of ether oxygens (including phenoxy) is 1. The van der Waals surface area contributed by atoms with Crippen molar-refractivity contribution in [3.8, 4) is 0 Å². The number of methoxy groups -OCH3 is 1. The number of esters is 1. The van der Waals surface area contributed by atoms with Crippen LogP contribution in [0.1, 0.15) is 20.8 Å². The highest BCUT2D eigenvalue weighted by molar-refractivity contribution is 5.97. The van der Waals surface area contributed by atoms with Gasteiger partial charge in [0.25, 0.3) is 5.91 Å². The SMILES string of the molecule is COC(=O)c1ccccc1Nc1ncnc(NNC(=O)c2ccccn2)c1[N+](=O)[O-]. The lowest BCUT2D eigenvalue weighted by atomic mass is 10.2. The van der Waals surface area contributed by atoms with E-state index >= 15 is 0 Å². The van der Waals surface area contributed by atoms with E-state index in [0.29, 0.717) is 0 Å². The van der Waals surface area contributed by atoms with Crippen LogP contribution in [-0.4, -0.2) is 38.9 Å². The van der Waals surface area contributed by atoms with E-state index in [-0.39, 0.29) is 28.6 Å². The summed E-state index contributed by atoms with van der Waals surface area (Å²) < 4.78 is 4.71. The van der Waals surface area contributed by atoms with Crippen molar-refractivity contribution < 1.29 is 19.2 Å². The highest BCUT2D eigenvalue weighted by Gasteiger charge is 2.25. The molecule has 0 aliphatic rings. The van der Waals surface area contributed by atoms with Crippen LogP contribution in [0.15, 0.2) is 55.0 Å². The number of hydrogen-bond acceptors (Lipinski definition) is 10. The second-order valence-electron chi connectivity index (χ2n) is 5.63. The summed E-state index contributed by atoms with van der Waals surface area (Å²) in [6.07, 6.45) is 2.49. The summed E-state index contributed by atoms with van der Waals surface area (Å²) in [6, 6.07) is 11.0. The fourth-order valence-electron chi connectivity index (χ4n) is 2.42. The zero-order valence-corrected chi connectivity index (χ0v) is 15.5. The van der Waals surface area contributed by atoms with Gasteiger partial charge in [-0.2, -0.15) is 0 Å². The number of para-hydroxylation sites is 1. The summed E-state index contributed by atoms with van der Waals surface area (Å²) in [5, 5.41) is 14.4. The van der Waals surface area contributed by atoms with Gasteiger partial charge in [-0.05, 0) is 24.3 Å². The third-order valence-corrected chi connectivity index (χ3v) is 3.78. The molecule has 12 heteroatoms. The number of nitrogens with zero attached hydrogens (tertiary/aromatic N) is 4. The molecule has 0 saturated carbocycles. The lowest BCUT2D eigenvalue weighted by Gasteiger charge is -2.12. The molecule has 12 nitrogen and oxygen atoms in total. The molecule has 1 amide bonds. The van der Waals surface area contributed by atoms with Gasteiger partial charge in [0.15, 0.2) is 0 Å². The molecule has 30 heavy (non-hydrogen) atoms. The molecule has 3 rings (SSSR count). The summed E-state index contributed by atoms with van der Waals surface area (Å²) in [7, 11) is 1.22. The molecule has 0 radical (unpaired) electrons. The van der Waals surface area contributed by atoms with E-state index in [1.165, 1.54) is 31.5 Å². The first-order valence-corrected chi connectivity index (χ1v) is 8.42. The van der Waals surface area contributed by atoms with Crippen molar-refractivity contribution in [1.29, 1.82) is 0 Å². The first-order chi connectivity index (χ1) is 14.5. The zero-order valence-electron chi connectivity index (χ0n) is 15.5. The Balaban J connectivity index is 1.88. The fourth-order valence-corrected chi connectivity index (χ4v) is 2.42. The molecule has 2 aromatic heterocycles. The maximum absolute atomic E-state index is 12.1. The van der Waals surface area contributed by atoms with Crippen molar-refractivity contribution in [2.75, 3.05) is 17.9 Å². The molecule has 0 unspecified atom stereocenters. The third-order valence-electron chi connectivity index (χ3n) is 3.78. The van der Waals surface area contributed by atoms with Gasteiger partial charge in [0.1, 0.15) is 12.0 Å². The van der Waals surface area contributed by atoms with Crippen LogP contribution in [0.2, 0.25) is 0 Å². The number of amides is 1. The summed E-state index contributed by atoms with van der Waals surface area (Å²) in [4.78, 5) is 46.5. The van der Waals surface area contributed by atoms with Crippen LogP contribution < -0.4 is 16.2 Å². The first-order valence-electron chi connectivity index (χ1n) is 8.42. The first kappa shape index (κ1) is 20.1. The predicted octanol–water partition coefficient (Wildman–Crippen LogP) is 2.07. The van der Waals surface area contributed by atoms with Crippen molar-refractivity contribution in [3.63, 3.8) is 0 Å². The van der Waals surface area contributed by atoms with Gasteiger partial charge in [0.2, 0.25) is 11.6 Å². The van der Waals surface area contributed by atoms with E-state index in [1.807, 2.05) is 0 Å². The van der Waals surface area contributed by atoms with Gasteiger partial charge in [-0.25, -0.2) is 14.8 Å². The maximum Gasteiger partial charge on any atom is 0.355 e. The van der Waals surface area contributed by atoms with Gasteiger partial charge in [0.05, 0.1) is 23.3 Å². The Morgan fingerprint density at radius 1 is 1.03 bits per heavy atom. The highest BCUT2D eigenvalue weighted by atomic mass is 16.6. The summed E-state index contributed by atoms with van der Waals surface area (Å²) in [6.45, 7) is 0. The predicted molar refractivity (Wildman–Crippen MR) is 105 cm³/mol. The molecule has 0 aliphatic carbocycles. The van der Waals surface area contributed by atoms with E-state index in [9.17, 15) is 19.7 Å². The number of hydrazine groups is 1. The number of anilines is 3. The average Bonchev–Trinajstić information content (AvgIpc) is 2.77. The van der Waals surface area contributed by atoms with Crippen LogP contribution in [0.5, 0.6) is 0 Å². The third kappa shape index (κ3) is 4.44. The smallest absolute Gasteiger partial charge is 0.355 e. The zero-order chi connectivity index (χ0) is 21.5. The molecule has 2 heterocycles. The van der Waals surface area contributed by atoms with Crippen molar-refractivity contribution in [2.24, 2.45) is 0 Å². The van der Waals surface area contributed by atoms with Crippen LogP contribution in [0.3, 0.4) is 0 Å². The Kier molecular flexibility index (Phi) is 6.08. The van der Waals surface area contributed by atoms with E-state index in [2.05, 4.69) is 31.1 Å². The second-order valence-corrected chi connectivity index (χ2v) is 5.63. The van der Waals surface area contributed by atoms with E-state index in [0.717, 1.165) is 6.33 Å². The normalized spacial score (nSPS) is 10.0. The van der Waals surface area contributed by atoms with Crippen molar-refractivity contribution in [2.45, 2.75) is 0 Å². The van der Waals surface area contributed by atoms with Gasteiger partial charge >= 0.3 is 11.7 Å². The number of carbonyl (C=O) groups is 2. The highest BCUT2D eigenvalue weighted by Crippen LogP contribution is 2.31. The van der Waals surface area contributed by atoms with Gasteiger partial charge in [-0.15, -0.1) is 0 Å². The number of nitrogens with one attached hydrogen (secondary N) is 3. The summed E-state index contributed by atoms with van der Waals surface area (Å²) in [5.74, 6) is -1.71. The van der Waals surface area contributed by atoms with Gasteiger partial charge in [-0.1, -0.05) is 18.2 Å². The fraction of sp³-hybridized carbons (Fsp3) is 0.0556. The summed E-state index contributed by atoms with van der Waals surface area (Å²) >= 11 is 0. The topological polar surface area (TPSA) is 161 Å². The number of hydrogen-bond donors (Lipinski definition) is 3. The van der Waals surface area contributed by atoms with E-state index < -0.39 is 22.5 Å². The molecular weight excluding hydrogens is 394 g/mol. The largest absolute Gasteiger partial charge is 0.465 e. The molecule has 0 fully saturated rings. The molecule has 0 aliphatic heterocycles. The molecule has 3 aromatic rings. The van der Waals surface area contributed by atoms with Crippen molar-refractivity contribution in [3.05, 3.63) is 76.4 Å². The molecule has 152 valence electrons. The monoisotopic (exact) mass is 409 g/mol. The van der Waals surface area contributed by atoms with Gasteiger partial charge < -0.3 is 10.1 Å². The Hall–Kier alpha value is -4.61. The molecule has 3 N–H and O–H groups in total.